The smallest absolute Gasteiger partial charge is 0.462 e. The van der Waals surface area contributed by atoms with E-state index >= 15 is 0 Å². The third kappa shape index (κ3) is 62.8. The second-order valence-corrected chi connectivity index (χ2v) is 28.8. The summed E-state index contributed by atoms with van der Waals surface area (Å²) in [5, 5.41) is 10.6. The van der Waals surface area contributed by atoms with Gasteiger partial charge in [-0.15, -0.1) is 0 Å². The van der Waals surface area contributed by atoms with Crippen LogP contribution in [-0.4, -0.2) is 96.7 Å². The molecule has 17 nitrogen and oxygen atoms in total. The molecule has 0 saturated heterocycles. The van der Waals surface area contributed by atoms with E-state index in [2.05, 4.69) is 41.5 Å². The van der Waals surface area contributed by atoms with Gasteiger partial charge in [-0.3, -0.25) is 37.3 Å². The molecule has 0 saturated carbocycles. The van der Waals surface area contributed by atoms with Crippen molar-refractivity contribution >= 4 is 39.5 Å². The van der Waals surface area contributed by atoms with E-state index in [4.69, 9.17) is 37.0 Å². The maximum atomic E-state index is 13.0. The van der Waals surface area contributed by atoms with Crippen LogP contribution in [-0.2, 0) is 65.4 Å². The van der Waals surface area contributed by atoms with Crippen molar-refractivity contribution in [2.45, 2.75) is 368 Å². The number of phosphoric ester groups is 2. The number of hydrogen-bond donors (Lipinski definition) is 3. The molecule has 5 atom stereocenters. The largest absolute Gasteiger partial charge is 0.472 e. The van der Waals surface area contributed by atoms with Crippen molar-refractivity contribution in [2.24, 2.45) is 11.8 Å². The van der Waals surface area contributed by atoms with Gasteiger partial charge in [-0.05, 0) is 37.5 Å². The highest BCUT2D eigenvalue weighted by Gasteiger charge is 2.30. The average Bonchev–Trinajstić information content (AvgIpc) is 3.70. The van der Waals surface area contributed by atoms with Crippen molar-refractivity contribution in [3.8, 4) is 0 Å². The van der Waals surface area contributed by atoms with Gasteiger partial charge in [0.15, 0.2) is 12.2 Å². The van der Waals surface area contributed by atoms with E-state index in [1.165, 1.54) is 161 Å². The van der Waals surface area contributed by atoms with Crippen molar-refractivity contribution in [3.63, 3.8) is 0 Å². The molecule has 2 unspecified atom stereocenters. The molecule has 0 spiro atoms. The number of carbonyl (C=O) groups excluding carboxylic acids is 4. The van der Waals surface area contributed by atoms with Crippen molar-refractivity contribution in [2.75, 3.05) is 39.6 Å². The zero-order valence-corrected chi connectivity index (χ0v) is 58.8. The Labute approximate surface area is 537 Å². The van der Waals surface area contributed by atoms with Gasteiger partial charge in [-0.25, -0.2) is 9.13 Å². The molecule has 0 rings (SSSR count). The third-order valence-electron chi connectivity index (χ3n) is 16.0. The molecular formula is C69H134O17P2. The number of carbonyl (C=O) groups is 4. The first kappa shape index (κ1) is 86.1. The average molecular weight is 1300 g/mol. The molecular weight excluding hydrogens is 1160 g/mol. The highest BCUT2D eigenvalue weighted by molar-refractivity contribution is 7.47. The van der Waals surface area contributed by atoms with Crippen LogP contribution < -0.4 is 0 Å². The van der Waals surface area contributed by atoms with Crippen molar-refractivity contribution in [1.82, 2.24) is 0 Å². The van der Waals surface area contributed by atoms with Gasteiger partial charge in [0.2, 0.25) is 0 Å². The summed E-state index contributed by atoms with van der Waals surface area (Å²) in [6, 6.07) is 0. The van der Waals surface area contributed by atoms with Gasteiger partial charge in [-0.1, -0.05) is 298 Å². The molecule has 0 radical (unpaired) electrons. The molecule has 0 aliphatic rings. The van der Waals surface area contributed by atoms with Crippen LogP contribution in [0.1, 0.15) is 350 Å². The number of phosphoric acid groups is 2. The van der Waals surface area contributed by atoms with E-state index < -0.39 is 97.5 Å². The van der Waals surface area contributed by atoms with Crippen LogP contribution in [0.2, 0.25) is 0 Å². The summed E-state index contributed by atoms with van der Waals surface area (Å²) in [6.45, 7) is 9.48. The molecule has 0 heterocycles. The summed E-state index contributed by atoms with van der Waals surface area (Å²) in [5.74, 6) is -0.576. The molecule has 3 N–H and O–H groups in total. The van der Waals surface area contributed by atoms with Gasteiger partial charge < -0.3 is 33.8 Å². The first-order valence-electron chi connectivity index (χ1n) is 36.0. The van der Waals surface area contributed by atoms with E-state index in [-0.39, 0.29) is 25.7 Å². The van der Waals surface area contributed by atoms with E-state index in [0.29, 0.717) is 25.7 Å². The quantitative estimate of drug-likeness (QED) is 0.0222. The number of hydrogen-bond acceptors (Lipinski definition) is 15. The predicted molar refractivity (Wildman–Crippen MR) is 354 cm³/mol. The highest BCUT2D eigenvalue weighted by Crippen LogP contribution is 2.45. The molecule has 19 heteroatoms. The molecule has 88 heavy (non-hydrogen) atoms. The number of aliphatic hydroxyl groups is 1. The lowest BCUT2D eigenvalue weighted by Gasteiger charge is -2.21. The topological polar surface area (TPSA) is 237 Å². The molecule has 0 aliphatic carbocycles. The standard InChI is InChI=1S/C69H134O17P2/c1-7-9-11-13-14-15-16-17-25-30-35-41-47-53-68(73)85-64(57-79-66(71)51-45-37-12-10-8-2)59-83-87(75,76)81-55-63(70)56-82-88(77,78)84-60-65(86-69(74)54-48-42-36-31-26-21-19-23-28-33-39-44-50-62(5)6)58-80-67(72)52-46-40-34-29-24-20-18-22-27-32-38-43-49-61(3)4/h61-65,70H,7-60H2,1-6H3,(H,75,76)(H,77,78)/t63-,64+,65+/m0/s1. The Bertz CT molecular complexity index is 1720. The second-order valence-electron chi connectivity index (χ2n) is 25.9. The minimum atomic E-state index is -4.95. The van der Waals surface area contributed by atoms with Crippen LogP contribution in [0.3, 0.4) is 0 Å². The molecule has 0 aliphatic heterocycles. The summed E-state index contributed by atoms with van der Waals surface area (Å²) >= 11 is 0. The molecule has 0 amide bonds. The van der Waals surface area contributed by atoms with Crippen LogP contribution in [0.5, 0.6) is 0 Å². The van der Waals surface area contributed by atoms with E-state index in [1.54, 1.807) is 0 Å². The van der Waals surface area contributed by atoms with E-state index in [0.717, 1.165) is 108 Å². The molecule has 0 bridgehead atoms. The summed E-state index contributed by atoms with van der Waals surface area (Å²) in [6.07, 6.45) is 46.1. The van der Waals surface area contributed by atoms with Crippen LogP contribution in [0.15, 0.2) is 0 Å². The number of esters is 4. The number of ether oxygens (including phenoxy) is 4. The van der Waals surface area contributed by atoms with Gasteiger partial charge in [-0.2, -0.15) is 0 Å². The maximum Gasteiger partial charge on any atom is 0.472 e. The Balaban J connectivity index is 5.17. The Hall–Kier alpha value is -1.94. The lowest BCUT2D eigenvalue weighted by atomic mass is 10.0. The Kier molecular flexibility index (Phi) is 59.9. The van der Waals surface area contributed by atoms with Crippen molar-refractivity contribution in [3.05, 3.63) is 0 Å². The zero-order valence-electron chi connectivity index (χ0n) is 57.0. The lowest BCUT2D eigenvalue weighted by molar-refractivity contribution is -0.161. The minimum absolute atomic E-state index is 0.107. The molecule has 0 aromatic carbocycles. The van der Waals surface area contributed by atoms with Gasteiger partial charge in [0.05, 0.1) is 26.4 Å². The second kappa shape index (κ2) is 61.3. The summed E-state index contributed by atoms with van der Waals surface area (Å²) in [5.41, 5.74) is 0. The van der Waals surface area contributed by atoms with E-state index in [9.17, 15) is 43.2 Å². The molecule has 0 aromatic rings. The Morgan fingerprint density at radius 1 is 0.307 bits per heavy atom. The van der Waals surface area contributed by atoms with Crippen LogP contribution in [0.4, 0.5) is 0 Å². The lowest BCUT2D eigenvalue weighted by Crippen LogP contribution is -2.30. The minimum Gasteiger partial charge on any atom is -0.462 e. The van der Waals surface area contributed by atoms with Gasteiger partial charge in [0.1, 0.15) is 19.3 Å². The third-order valence-corrected chi connectivity index (χ3v) is 17.9. The Morgan fingerprint density at radius 3 is 0.773 bits per heavy atom. The van der Waals surface area contributed by atoms with Gasteiger partial charge in [0, 0.05) is 25.7 Å². The fourth-order valence-electron chi connectivity index (χ4n) is 10.4. The summed E-state index contributed by atoms with van der Waals surface area (Å²) in [7, 11) is -9.89. The number of unbranched alkanes of at least 4 members (excludes halogenated alkanes) is 38. The summed E-state index contributed by atoms with van der Waals surface area (Å²) in [4.78, 5) is 72.2. The van der Waals surface area contributed by atoms with E-state index in [1.807, 2.05) is 0 Å². The first-order chi connectivity index (χ1) is 42.4. The maximum absolute atomic E-state index is 13.0. The molecule has 0 fully saturated rings. The number of aliphatic hydroxyl groups excluding tert-OH is 1. The normalized spacial score (nSPS) is 14.2. The molecule has 522 valence electrons. The van der Waals surface area contributed by atoms with Gasteiger partial charge >= 0.3 is 39.5 Å². The van der Waals surface area contributed by atoms with Crippen LogP contribution in [0, 0.1) is 11.8 Å². The number of rotatable bonds is 68. The van der Waals surface area contributed by atoms with Crippen LogP contribution >= 0.6 is 15.6 Å². The first-order valence-corrected chi connectivity index (χ1v) is 39.0. The SMILES string of the molecule is CCCCCCCCCCCCCCCC(=O)O[C@H](COC(=O)CCCCCCC)COP(=O)(O)OC[C@H](O)COP(=O)(O)OC[C@@H](COC(=O)CCCCCCCCCCCCCCC(C)C)OC(=O)CCCCCCCCCCCCCCC(C)C. The monoisotopic (exact) mass is 1300 g/mol. The van der Waals surface area contributed by atoms with Crippen molar-refractivity contribution < 1.29 is 80.2 Å². The van der Waals surface area contributed by atoms with Gasteiger partial charge in [0.25, 0.3) is 0 Å². The van der Waals surface area contributed by atoms with Crippen molar-refractivity contribution in [1.29, 1.82) is 0 Å². The highest BCUT2D eigenvalue weighted by atomic mass is 31.2. The van der Waals surface area contributed by atoms with Crippen LogP contribution in [0.25, 0.3) is 0 Å². The molecule has 0 aromatic heterocycles. The fraction of sp³-hybridized carbons (Fsp3) is 0.942. The predicted octanol–water partition coefficient (Wildman–Crippen LogP) is 19.6. The fourth-order valence-corrected chi connectivity index (χ4v) is 12.0. The zero-order chi connectivity index (χ0) is 65.0. The summed E-state index contributed by atoms with van der Waals surface area (Å²) < 4.78 is 68.1. The Morgan fingerprint density at radius 2 is 0.523 bits per heavy atom.